The van der Waals surface area contributed by atoms with Crippen LogP contribution in [0.3, 0.4) is 0 Å². The molecule has 1 aromatic heterocycles. The Labute approximate surface area is 115 Å². The average Bonchev–Trinajstić information content (AvgIpc) is 2.82. The third kappa shape index (κ3) is 3.37. The van der Waals surface area contributed by atoms with Crippen molar-refractivity contribution in [2.75, 3.05) is 19.6 Å². The van der Waals surface area contributed by atoms with E-state index in [1.165, 1.54) is 5.56 Å². The van der Waals surface area contributed by atoms with E-state index in [4.69, 9.17) is 10.2 Å². The van der Waals surface area contributed by atoms with Gasteiger partial charge in [0.1, 0.15) is 11.3 Å². The van der Waals surface area contributed by atoms with Crippen molar-refractivity contribution in [3.05, 3.63) is 35.6 Å². The van der Waals surface area contributed by atoms with Crippen LogP contribution in [0.15, 0.2) is 28.7 Å². The van der Waals surface area contributed by atoms with Crippen LogP contribution in [0.2, 0.25) is 0 Å². The Morgan fingerprint density at radius 1 is 1.21 bits per heavy atom. The molecule has 0 aliphatic rings. The Morgan fingerprint density at radius 2 is 1.95 bits per heavy atom. The molecule has 0 saturated heterocycles. The van der Waals surface area contributed by atoms with Crippen molar-refractivity contribution in [2.45, 2.75) is 33.2 Å². The molecule has 3 nitrogen and oxygen atoms in total. The molecule has 0 aliphatic carbocycles. The van der Waals surface area contributed by atoms with Crippen molar-refractivity contribution in [1.29, 1.82) is 0 Å². The Bertz CT molecular complexity index is 529. The monoisotopic (exact) mass is 260 g/mol. The largest absolute Gasteiger partial charge is 0.459 e. The molecule has 2 aromatic rings. The van der Waals surface area contributed by atoms with Gasteiger partial charge in [0.15, 0.2) is 0 Å². The van der Waals surface area contributed by atoms with Gasteiger partial charge in [0.05, 0.1) is 6.04 Å². The van der Waals surface area contributed by atoms with Crippen molar-refractivity contribution in [3.8, 4) is 0 Å². The molecule has 2 N–H and O–H groups in total. The maximum Gasteiger partial charge on any atom is 0.134 e. The molecule has 0 bridgehead atoms. The summed E-state index contributed by atoms with van der Waals surface area (Å²) in [6, 6.07) is 8.28. The molecule has 0 saturated carbocycles. The lowest BCUT2D eigenvalue weighted by Gasteiger charge is -2.19. The van der Waals surface area contributed by atoms with Gasteiger partial charge in [0, 0.05) is 11.9 Å². The number of furan rings is 1. The summed E-state index contributed by atoms with van der Waals surface area (Å²) in [4.78, 5) is 2.38. The molecule has 0 spiro atoms. The standard InChI is InChI=1S/C16H24N2O/c1-4-18(5-2)9-8-14(17)16-11-13-10-12(3)6-7-15(13)19-16/h6-7,10-11,14H,4-5,8-9,17H2,1-3H3. The molecule has 0 fully saturated rings. The lowest BCUT2D eigenvalue weighted by molar-refractivity contribution is 0.285. The van der Waals surface area contributed by atoms with E-state index >= 15 is 0 Å². The second-order valence-electron chi connectivity index (χ2n) is 5.11. The summed E-state index contributed by atoms with van der Waals surface area (Å²) in [5.74, 6) is 0.896. The van der Waals surface area contributed by atoms with Crippen molar-refractivity contribution in [3.63, 3.8) is 0 Å². The van der Waals surface area contributed by atoms with E-state index in [9.17, 15) is 0 Å². The number of benzene rings is 1. The van der Waals surface area contributed by atoms with Crippen molar-refractivity contribution in [1.82, 2.24) is 4.90 Å². The number of nitrogens with two attached hydrogens (primary N) is 1. The Balaban J connectivity index is 2.06. The minimum atomic E-state index is -0.0201. The van der Waals surface area contributed by atoms with Gasteiger partial charge in [-0.05, 0) is 44.6 Å². The molecule has 104 valence electrons. The fraction of sp³-hybridized carbons (Fsp3) is 0.500. The molecular weight excluding hydrogens is 236 g/mol. The highest BCUT2D eigenvalue weighted by Gasteiger charge is 2.13. The van der Waals surface area contributed by atoms with Crippen LogP contribution >= 0.6 is 0 Å². The van der Waals surface area contributed by atoms with Crippen molar-refractivity contribution < 1.29 is 4.42 Å². The normalized spacial score (nSPS) is 13.3. The molecule has 19 heavy (non-hydrogen) atoms. The van der Waals surface area contributed by atoms with Gasteiger partial charge in [-0.2, -0.15) is 0 Å². The van der Waals surface area contributed by atoms with Gasteiger partial charge in [-0.1, -0.05) is 25.5 Å². The summed E-state index contributed by atoms with van der Waals surface area (Å²) in [5.41, 5.74) is 8.41. The first-order valence-corrected chi connectivity index (χ1v) is 7.12. The topological polar surface area (TPSA) is 42.4 Å². The molecule has 0 amide bonds. The first-order chi connectivity index (χ1) is 9.13. The number of fused-ring (bicyclic) bond motifs is 1. The highest BCUT2D eigenvalue weighted by Crippen LogP contribution is 2.25. The molecular formula is C16H24N2O. The second-order valence-corrected chi connectivity index (χ2v) is 5.11. The third-order valence-corrected chi connectivity index (χ3v) is 3.71. The lowest BCUT2D eigenvalue weighted by Crippen LogP contribution is -2.26. The SMILES string of the molecule is CCN(CC)CCC(N)c1cc2cc(C)ccc2o1. The number of rotatable bonds is 6. The zero-order valence-electron chi connectivity index (χ0n) is 12.1. The second kappa shape index (κ2) is 6.22. The highest BCUT2D eigenvalue weighted by atomic mass is 16.3. The maximum atomic E-state index is 6.23. The van der Waals surface area contributed by atoms with Gasteiger partial charge in [-0.3, -0.25) is 0 Å². The molecule has 1 atom stereocenters. The van der Waals surface area contributed by atoms with Crippen molar-refractivity contribution >= 4 is 11.0 Å². The Morgan fingerprint density at radius 3 is 2.63 bits per heavy atom. The summed E-state index contributed by atoms with van der Waals surface area (Å²) in [6.07, 6.45) is 0.931. The predicted octanol–water partition coefficient (Wildman–Crippen LogP) is 3.47. The van der Waals surface area contributed by atoms with E-state index in [-0.39, 0.29) is 6.04 Å². The number of nitrogens with zero attached hydrogens (tertiary/aromatic N) is 1. The molecule has 1 aromatic carbocycles. The predicted molar refractivity (Wildman–Crippen MR) is 80.3 cm³/mol. The molecule has 1 heterocycles. The number of aryl methyl sites for hydroxylation is 1. The quantitative estimate of drug-likeness (QED) is 0.864. The number of hydrogen-bond acceptors (Lipinski definition) is 3. The van der Waals surface area contributed by atoms with Gasteiger partial charge < -0.3 is 15.1 Å². The van der Waals surface area contributed by atoms with E-state index in [0.29, 0.717) is 0 Å². The molecule has 1 unspecified atom stereocenters. The summed E-state index contributed by atoms with van der Waals surface area (Å²) in [7, 11) is 0. The minimum absolute atomic E-state index is 0.0201. The third-order valence-electron chi connectivity index (χ3n) is 3.71. The summed E-state index contributed by atoms with van der Waals surface area (Å²) in [6.45, 7) is 9.61. The van der Waals surface area contributed by atoms with Crippen molar-refractivity contribution in [2.24, 2.45) is 5.73 Å². The van der Waals surface area contributed by atoms with E-state index in [0.717, 1.165) is 42.8 Å². The van der Waals surface area contributed by atoms with E-state index in [1.807, 2.05) is 6.07 Å². The summed E-state index contributed by atoms with van der Waals surface area (Å²) >= 11 is 0. The Hall–Kier alpha value is -1.32. The van der Waals surface area contributed by atoms with Crippen LogP contribution in [0.25, 0.3) is 11.0 Å². The highest BCUT2D eigenvalue weighted by molar-refractivity contribution is 5.78. The van der Waals surface area contributed by atoms with Gasteiger partial charge in [0.25, 0.3) is 0 Å². The summed E-state index contributed by atoms with van der Waals surface area (Å²) in [5, 5.41) is 1.15. The molecule has 2 rings (SSSR count). The van der Waals surface area contributed by atoms with E-state index < -0.39 is 0 Å². The molecule has 0 radical (unpaired) electrons. The lowest BCUT2D eigenvalue weighted by atomic mass is 10.1. The van der Waals surface area contributed by atoms with Gasteiger partial charge in [0.2, 0.25) is 0 Å². The zero-order valence-corrected chi connectivity index (χ0v) is 12.1. The van der Waals surface area contributed by atoms with Crippen LogP contribution in [-0.4, -0.2) is 24.5 Å². The maximum absolute atomic E-state index is 6.23. The first kappa shape index (κ1) is 14.1. The van der Waals surface area contributed by atoms with Crippen LogP contribution in [0, 0.1) is 6.92 Å². The fourth-order valence-electron chi connectivity index (χ4n) is 2.37. The summed E-state index contributed by atoms with van der Waals surface area (Å²) < 4.78 is 5.84. The van der Waals surface area contributed by atoms with Crippen LogP contribution < -0.4 is 5.73 Å². The smallest absolute Gasteiger partial charge is 0.134 e. The van der Waals surface area contributed by atoms with Gasteiger partial charge >= 0.3 is 0 Å². The van der Waals surface area contributed by atoms with Gasteiger partial charge in [-0.25, -0.2) is 0 Å². The van der Waals surface area contributed by atoms with Crippen LogP contribution in [0.1, 0.15) is 37.6 Å². The van der Waals surface area contributed by atoms with E-state index in [1.54, 1.807) is 0 Å². The average molecular weight is 260 g/mol. The number of hydrogen-bond donors (Lipinski definition) is 1. The van der Waals surface area contributed by atoms with Crippen LogP contribution in [0.5, 0.6) is 0 Å². The first-order valence-electron chi connectivity index (χ1n) is 7.12. The van der Waals surface area contributed by atoms with E-state index in [2.05, 4.69) is 43.9 Å². The fourth-order valence-corrected chi connectivity index (χ4v) is 2.37. The molecule has 3 heteroatoms. The van der Waals surface area contributed by atoms with Crippen LogP contribution in [-0.2, 0) is 0 Å². The Kier molecular flexibility index (Phi) is 4.61. The molecule has 0 aliphatic heterocycles. The minimum Gasteiger partial charge on any atom is -0.459 e. The van der Waals surface area contributed by atoms with Gasteiger partial charge in [-0.15, -0.1) is 0 Å². The van der Waals surface area contributed by atoms with Crippen LogP contribution in [0.4, 0.5) is 0 Å². The zero-order chi connectivity index (χ0) is 13.8.